The van der Waals surface area contributed by atoms with Gasteiger partial charge in [0.15, 0.2) is 70.5 Å². The quantitative estimate of drug-likeness (QED) is 0.0150. The topological polar surface area (TPSA) is 791 Å². The summed E-state index contributed by atoms with van der Waals surface area (Å²) < 4.78 is 135. The number of fused-ring (bicyclic) bond motifs is 2. The summed E-state index contributed by atoms with van der Waals surface area (Å²) in [4.78, 5) is 190. The summed E-state index contributed by atoms with van der Waals surface area (Å²) in [5, 5.41) is 36.6. The average Bonchev–Trinajstić information content (AvgIpc) is 1.62. The second-order valence-corrected chi connectivity index (χ2v) is 35.6. The number of rotatable bonds is 38. The highest BCUT2D eigenvalue weighted by molar-refractivity contribution is 7.46. The molecule has 14 N–H and O–H groups in total. The molecule has 4 aliphatic heterocycles. The van der Waals surface area contributed by atoms with E-state index in [4.69, 9.17) is 83.4 Å². The molecule has 14 heterocycles. The molecule has 16 rings (SSSR count). The number of nitrogens with one attached hydrogen (secondary N) is 2. The van der Waals surface area contributed by atoms with Crippen LogP contribution in [0.2, 0.25) is 0 Å². The zero-order chi connectivity index (χ0) is 101. The van der Waals surface area contributed by atoms with E-state index in [-0.39, 0.29) is 126 Å². The fourth-order valence-corrected chi connectivity index (χ4v) is 17.2. The number of carbonyl (C=O) groups excluding carboxylic acids is 4. The molecular formula is C83H97N22O33P4-5. The largest absolute Gasteiger partial charge is 0.790 e. The number of aliphatic hydroxyl groups excluding tert-OH is 3. The van der Waals surface area contributed by atoms with E-state index < -0.39 is 186 Å². The lowest BCUT2D eigenvalue weighted by Gasteiger charge is -2.32. The number of aliphatic hydroxyl groups is 3. The van der Waals surface area contributed by atoms with Gasteiger partial charge < -0.3 is 156 Å². The highest BCUT2D eigenvalue weighted by Crippen LogP contribution is 2.50. The Morgan fingerprint density at radius 3 is 1.25 bits per heavy atom. The first-order valence-corrected chi connectivity index (χ1v) is 48.6. The van der Waals surface area contributed by atoms with Crippen LogP contribution < -0.4 is 69.4 Å². The number of allylic oxidation sites excluding steroid dienone is 2. The Balaban J connectivity index is 0.000000241. The van der Waals surface area contributed by atoms with Crippen LogP contribution in [0.1, 0.15) is 124 Å². The maximum atomic E-state index is 14.3. The molecule has 4 aliphatic rings. The molecule has 762 valence electrons. The molecule has 2 amide bonds. The van der Waals surface area contributed by atoms with Crippen LogP contribution in [0.25, 0.3) is 56.3 Å². The molecule has 0 aliphatic carbocycles. The van der Waals surface area contributed by atoms with Gasteiger partial charge in [-0.3, -0.25) is 41.6 Å². The van der Waals surface area contributed by atoms with E-state index in [9.17, 15) is 86.6 Å². The molecule has 4 fully saturated rings. The monoisotopic (exact) mass is 2050 g/mol. The highest BCUT2D eigenvalue weighted by Gasteiger charge is 2.52. The number of phosphoric ester groups is 4. The average molecular weight is 2050 g/mol. The Morgan fingerprint density at radius 1 is 0.521 bits per heavy atom. The number of esters is 2. The molecule has 17 atom stereocenters. The van der Waals surface area contributed by atoms with Crippen LogP contribution in [0, 0.1) is 0 Å². The van der Waals surface area contributed by atoms with Gasteiger partial charge in [-0.1, -0.05) is 33.4 Å². The summed E-state index contributed by atoms with van der Waals surface area (Å²) >= 11 is 0. The first-order chi connectivity index (χ1) is 67.3. The maximum absolute atomic E-state index is 14.3. The number of hydrogen-bond donors (Lipinski definition) is 10. The standard InChI is InChI=1S/2C39H43N11O16P2.C2H6O.C2H6.CH4/c2*1-2-3-6-27(51)42-16-28-47-30(33(64-28)21-7-9-22(10-8-21)48-12-4-5-13-48)38(53)65-34-25(63-37(32(34)52)50-20-45-31-35(41)43-19-44-36(31)50)18-61-68(58,59)66-23-15-29(49-14-11-26(40)46-39(49)54)62-24(23)17-60-67(55,56)57;1-2-3;1-2;/h2*2,4-5,7-14,19-20,23-25,29,32,34,37,52H,1,3,6,15-18H2,(H,42,51)(H,58,59)(H2,40,46,54)(H2,41,43,44)(H2,55,56,57);3H,2H2,1H3;1-2H3;1H4/p-5/t2*23?,24-,25-,29-,32+,34?,37-;;;/m11.../s1. The first kappa shape index (κ1) is 108. The van der Waals surface area contributed by atoms with Crippen molar-refractivity contribution in [3.63, 3.8) is 0 Å². The predicted octanol–water partition coefficient (Wildman–Crippen LogP) is 1.82. The molecule has 10 aromatic heterocycles. The van der Waals surface area contributed by atoms with Gasteiger partial charge in [-0.15, -0.1) is 13.2 Å². The molecular weight excluding hydrogens is 1960 g/mol. The fraction of sp³-hybridized carbons (Fsp3) is 0.373. The zero-order valence-electron chi connectivity index (χ0n) is 74.6. The first-order valence-electron chi connectivity index (χ1n) is 42.8. The van der Waals surface area contributed by atoms with Gasteiger partial charge >= 0.3 is 23.3 Å². The van der Waals surface area contributed by atoms with Gasteiger partial charge in [0.1, 0.15) is 84.4 Å². The predicted molar refractivity (Wildman–Crippen MR) is 483 cm³/mol. The van der Waals surface area contributed by atoms with Crippen molar-refractivity contribution in [1.82, 2.24) is 87.9 Å². The maximum Gasteiger partial charge on any atom is 0.361 e. The summed E-state index contributed by atoms with van der Waals surface area (Å²) in [6, 6.07) is 23.5. The van der Waals surface area contributed by atoms with Crippen molar-refractivity contribution < 1.29 is 147 Å². The van der Waals surface area contributed by atoms with Gasteiger partial charge in [-0.2, -0.15) is 9.97 Å². The second kappa shape index (κ2) is 47.7. The van der Waals surface area contributed by atoms with E-state index in [1.807, 2.05) is 72.0 Å². The van der Waals surface area contributed by atoms with Crippen LogP contribution in [0.3, 0.4) is 0 Å². The van der Waals surface area contributed by atoms with Crippen LogP contribution in [0.4, 0.5) is 23.3 Å². The molecule has 142 heavy (non-hydrogen) atoms. The Labute approximate surface area is 804 Å². The van der Waals surface area contributed by atoms with Gasteiger partial charge in [-0.05, 0) is 105 Å². The summed E-state index contributed by atoms with van der Waals surface area (Å²) in [5.41, 5.74) is 23.2. The van der Waals surface area contributed by atoms with E-state index in [2.05, 4.69) is 82.7 Å². The number of oxazole rings is 2. The van der Waals surface area contributed by atoms with Crippen molar-refractivity contribution in [3.05, 3.63) is 217 Å². The Bertz CT molecular complexity index is 6300. The van der Waals surface area contributed by atoms with Crippen molar-refractivity contribution in [1.29, 1.82) is 0 Å². The van der Waals surface area contributed by atoms with Crippen LogP contribution >= 0.6 is 31.3 Å². The van der Waals surface area contributed by atoms with Gasteiger partial charge in [0.2, 0.25) is 23.6 Å². The van der Waals surface area contributed by atoms with Gasteiger partial charge in [0, 0.05) is 92.0 Å². The number of nitrogens with two attached hydrogens (primary N) is 4. The van der Waals surface area contributed by atoms with Crippen molar-refractivity contribution in [3.8, 4) is 34.0 Å². The van der Waals surface area contributed by atoms with Crippen LogP contribution in [0.15, 0.2) is 191 Å². The number of anilines is 4. The minimum absolute atomic E-state index is 0. The number of phosphoric acid groups is 4. The number of benzene rings is 2. The third-order valence-corrected chi connectivity index (χ3v) is 24.0. The molecule has 0 saturated carbocycles. The van der Waals surface area contributed by atoms with E-state index >= 15 is 0 Å². The van der Waals surface area contributed by atoms with Gasteiger partial charge in [0.05, 0.1) is 72.2 Å². The fourth-order valence-electron chi connectivity index (χ4n) is 14.7. The summed E-state index contributed by atoms with van der Waals surface area (Å²) in [6.45, 7) is 8.73. The molecule has 0 radical (unpaired) electrons. The molecule has 4 saturated heterocycles. The third kappa shape index (κ3) is 27.1. The van der Waals surface area contributed by atoms with Crippen LogP contribution in [-0.2, 0) is 96.5 Å². The number of carbonyl (C=O) groups is 4. The molecule has 55 nitrogen and oxygen atoms in total. The number of ether oxygens (including phenoxy) is 6. The minimum atomic E-state index is -5.61. The highest BCUT2D eigenvalue weighted by atomic mass is 31.2. The Kier molecular flexibility index (Phi) is 36.2. The SMILES string of the molecule is C.C=CCCC(=O)NCc1nc(C(=O)OC2[C@@H](COP(=O)([O-])OC3C[C@H](n4ccc(N)nc4=O)O[C@@H]3COP(=O)([O-])O)O[C@@H](n3cnc4c(N)ncnc43)[C@H]2O)c(-c2ccc(-n3cccc3)cc2)o1.C=CCCC(=O)NCc1nc(C(=O)OC2[C@@H](COP(=O)([O-])OC3C[C@H](n4ccc(N)nc4=O)O[C@@H]3COP(=O)([O-])[O-])O[C@@H](n3cnc4c(N)ncnc43)[C@H]2O)c(-c2ccc(-n3cccc3)cc2)o1.CC.CCO. The van der Waals surface area contributed by atoms with Crippen molar-refractivity contribution in [2.75, 3.05) is 56.0 Å². The molecule has 12 aromatic rings. The number of aromatic nitrogens is 16. The number of nitrogen functional groups attached to an aromatic ring is 4. The van der Waals surface area contributed by atoms with E-state index in [0.29, 0.717) is 24.0 Å². The van der Waals surface area contributed by atoms with Crippen LogP contribution in [0.5, 0.6) is 0 Å². The lowest BCUT2D eigenvalue weighted by atomic mass is 10.1. The minimum Gasteiger partial charge on any atom is -0.790 e. The van der Waals surface area contributed by atoms with Gasteiger partial charge in [-0.25, -0.2) is 59.0 Å². The lowest BCUT2D eigenvalue weighted by Crippen LogP contribution is -2.39. The normalized spacial score (nSPS) is 22.1. The molecule has 59 heteroatoms. The lowest BCUT2D eigenvalue weighted by molar-refractivity contribution is -0.343. The summed E-state index contributed by atoms with van der Waals surface area (Å²) in [5.74, 6) is -3.67. The third-order valence-electron chi connectivity index (χ3n) is 21.1. The van der Waals surface area contributed by atoms with Crippen LogP contribution in [-0.4, -0.2) is 215 Å². The number of imidazole rings is 2. The Morgan fingerprint density at radius 2 is 0.894 bits per heavy atom. The second-order valence-electron chi connectivity index (χ2n) is 30.5. The molecule has 0 bridgehead atoms. The van der Waals surface area contributed by atoms with E-state index in [1.54, 1.807) is 67.6 Å². The van der Waals surface area contributed by atoms with Crippen molar-refractivity contribution in [2.45, 2.75) is 166 Å². The van der Waals surface area contributed by atoms with E-state index in [1.165, 1.54) is 46.3 Å². The zero-order valence-corrected chi connectivity index (χ0v) is 78.2. The van der Waals surface area contributed by atoms with Gasteiger partial charge in [0.25, 0.3) is 23.5 Å². The number of hydrogen-bond acceptors (Lipinski definition) is 46. The summed E-state index contributed by atoms with van der Waals surface area (Å²) in [6.07, 6.45) is -4.50. The molecule has 2 aromatic carbocycles. The van der Waals surface area contributed by atoms with E-state index in [0.717, 1.165) is 33.2 Å². The Hall–Kier alpha value is -13.0. The molecule has 7 unspecified atom stereocenters. The summed E-state index contributed by atoms with van der Waals surface area (Å²) in [7, 11) is -22.1. The van der Waals surface area contributed by atoms with Crippen molar-refractivity contribution >= 4 is 101 Å². The number of amides is 2. The smallest absolute Gasteiger partial charge is 0.361 e. The van der Waals surface area contributed by atoms with Crippen molar-refractivity contribution in [2.24, 2.45) is 0 Å². The molecule has 0 spiro atoms. The number of nitrogens with zero attached hydrogens (tertiary/aromatic N) is 16.